The SMILES string of the molecule is CC(NCCOc1ccccc1C(=O)O)c1nccs1. The van der Waals surface area contributed by atoms with E-state index in [1.54, 1.807) is 35.7 Å². The number of hydrogen-bond donors (Lipinski definition) is 2. The number of carboxylic acid groups (broad SMARTS) is 1. The van der Waals surface area contributed by atoms with Crippen LogP contribution in [0.3, 0.4) is 0 Å². The van der Waals surface area contributed by atoms with E-state index in [1.807, 2.05) is 12.3 Å². The summed E-state index contributed by atoms with van der Waals surface area (Å²) in [7, 11) is 0. The summed E-state index contributed by atoms with van der Waals surface area (Å²) >= 11 is 1.60. The average Bonchev–Trinajstić information content (AvgIpc) is 2.98. The highest BCUT2D eigenvalue weighted by molar-refractivity contribution is 7.09. The van der Waals surface area contributed by atoms with Crippen LogP contribution in [0, 0.1) is 0 Å². The number of nitrogens with zero attached hydrogens (tertiary/aromatic N) is 1. The van der Waals surface area contributed by atoms with Gasteiger partial charge in [0.05, 0.1) is 6.04 Å². The fraction of sp³-hybridized carbons (Fsp3) is 0.286. The molecule has 1 aromatic carbocycles. The second-order valence-corrected chi connectivity index (χ2v) is 5.12. The van der Waals surface area contributed by atoms with Crippen LogP contribution in [0.15, 0.2) is 35.8 Å². The molecule has 0 radical (unpaired) electrons. The predicted molar refractivity (Wildman–Crippen MR) is 77.4 cm³/mol. The minimum atomic E-state index is -0.982. The topological polar surface area (TPSA) is 71.5 Å². The van der Waals surface area contributed by atoms with Gasteiger partial charge in [-0.05, 0) is 19.1 Å². The fourth-order valence-electron chi connectivity index (χ4n) is 1.74. The van der Waals surface area contributed by atoms with Gasteiger partial charge < -0.3 is 15.2 Å². The highest BCUT2D eigenvalue weighted by Gasteiger charge is 2.10. The van der Waals surface area contributed by atoms with E-state index < -0.39 is 5.97 Å². The Morgan fingerprint density at radius 2 is 2.30 bits per heavy atom. The van der Waals surface area contributed by atoms with Gasteiger partial charge in [-0.15, -0.1) is 11.3 Å². The van der Waals surface area contributed by atoms with E-state index in [-0.39, 0.29) is 11.6 Å². The molecule has 1 atom stereocenters. The summed E-state index contributed by atoms with van der Waals surface area (Å²) < 4.78 is 5.51. The Hall–Kier alpha value is -1.92. The molecular formula is C14H16N2O3S. The first-order valence-electron chi connectivity index (χ1n) is 6.26. The summed E-state index contributed by atoms with van der Waals surface area (Å²) in [5.74, 6) is -0.589. The molecule has 0 saturated carbocycles. The number of ether oxygens (including phenoxy) is 1. The third-order valence-corrected chi connectivity index (χ3v) is 3.71. The second kappa shape index (κ2) is 7.02. The molecule has 1 unspecified atom stereocenters. The van der Waals surface area contributed by atoms with Gasteiger partial charge in [0, 0.05) is 18.1 Å². The van der Waals surface area contributed by atoms with Crippen molar-refractivity contribution in [3.63, 3.8) is 0 Å². The van der Waals surface area contributed by atoms with Gasteiger partial charge >= 0.3 is 5.97 Å². The largest absolute Gasteiger partial charge is 0.491 e. The molecule has 1 aromatic heterocycles. The summed E-state index contributed by atoms with van der Waals surface area (Å²) in [5.41, 5.74) is 0.181. The van der Waals surface area contributed by atoms with Crippen molar-refractivity contribution in [1.82, 2.24) is 10.3 Å². The summed E-state index contributed by atoms with van der Waals surface area (Å²) in [5, 5.41) is 15.3. The number of carboxylic acids is 1. The van der Waals surface area contributed by atoms with Crippen molar-refractivity contribution in [1.29, 1.82) is 0 Å². The predicted octanol–water partition coefficient (Wildman–Crippen LogP) is 2.57. The average molecular weight is 292 g/mol. The highest BCUT2D eigenvalue weighted by atomic mass is 32.1. The molecule has 0 amide bonds. The molecular weight excluding hydrogens is 276 g/mol. The van der Waals surface area contributed by atoms with Crippen LogP contribution in [-0.2, 0) is 0 Å². The van der Waals surface area contributed by atoms with Crippen LogP contribution >= 0.6 is 11.3 Å². The molecule has 0 aliphatic carbocycles. The molecule has 0 saturated heterocycles. The van der Waals surface area contributed by atoms with Crippen LogP contribution in [0.2, 0.25) is 0 Å². The lowest BCUT2D eigenvalue weighted by molar-refractivity contribution is 0.0692. The second-order valence-electron chi connectivity index (χ2n) is 4.20. The Morgan fingerprint density at radius 3 is 3.00 bits per heavy atom. The van der Waals surface area contributed by atoms with Gasteiger partial charge in [0.2, 0.25) is 0 Å². The maximum absolute atomic E-state index is 11.0. The Labute approximate surface area is 121 Å². The number of para-hydroxylation sites is 1. The van der Waals surface area contributed by atoms with E-state index in [1.165, 1.54) is 6.07 Å². The molecule has 106 valence electrons. The summed E-state index contributed by atoms with van der Waals surface area (Å²) in [4.78, 5) is 15.2. The van der Waals surface area contributed by atoms with Gasteiger partial charge in [-0.1, -0.05) is 12.1 Å². The zero-order chi connectivity index (χ0) is 14.4. The molecule has 0 aliphatic rings. The lowest BCUT2D eigenvalue weighted by Crippen LogP contribution is -2.24. The van der Waals surface area contributed by atoms with E-state index >= 15 is 0 Å². The molecule has 0 bridgehead atoms. The lowest BCUT2D eigenvalue weighted by Gasteiger charge is -2.12. The Bertz CT molecular complexity index is 557. The number of carbonyl (C=O) groups is 1. The number of benzene rings is 1. The van der Waals surface area contributed by atoms with Gasteiger partial charge in [0.25, 0.3) is 0 Å². The van der Waals surface area contributed by atoms with Gasteiger partial charge in [-0.25, -0.2) is 9.78 Å². The molecule has 2 aromatic rings. The Kier molecular flexibility index (Phi) is 5.09. The molecule has 6 heteroatoms. The minimum absolute atomic E-state index is 0.160. The minimum Gasteiger partial charge on any atom is -0.491 e. The first-order chi connectivity index (χ1) is 9.68. The van der Waals surface area contributed by atoms with Crippen molar-refractivity contribution in [3.05, 3.63) is 46.4 Å². The van der Waals surface area contributed by atoms with Crippen LogP contribution < -0.4 is 10.1 Å². The van der Waals surface area contributed by atoms with Crippen LogP contribution in [0.5, 0.6) is 5.75 Å². The third kappa shape index (κ3) is 3.79. The third-order valence-electron chi connectivity index (χ3n) is 2.75. The van der Waals surface area contributed by atoms with E-state index in [9.17, 15) is 4.79 Å². The Morgan fingerprint density at radius 1 is 1.50 bits per heavy atom. The van der Waals surface area contributed by atoms with Crippen molar-refractivity contribution >= 4 is 17.3 Å². The number of thiazole rings is 1. The molecule has 1 heterocycles. The van der Waals surface area contributed by atoms with E-state index in [2.05, 4.69) is 10.3 Å². The molecule has 2 rings (SSSR count). The van der Waals surface area contributed by atoms with Crippen molar-refractivity contribution in [2.75, 3.05) is 13.2 Å². The van der Waals surface area contributed by atoms with Gasteiger partial charge in [-0.3, -0.25) is 0 Å². The number of aromatic nitrogens is 1. The fourth-order valence-corrected chi connectivity index (χ4v) is 2.41. The quantitative estimate of drug-likeness (QED) is 0.767. The van der Waals surface area contributed by atoms with Gasteiger partial charge in [0.1, 0.15) is 22.9 Å². The van der Waals surface area contributed by atoms with Crippen LogP contribution in [0.4, 0.5) is 0 Å². The van der Waals surface area contributed by atoms with Crippen molar-refractivity contribution in [3.8, 4) is 5.75 Å². The lowest BCUT2D eigenvalue weighted by atomic mass is 10.2. The smallest absolute Gasteiger partial charge is 0.339 e. The molecule has 0 spiro atoms. The number of hydrogen-bond acceptors (Lipinski definition) is 5. The summed E-state index contributed by atoms with van der Waals surface area (Å²) in [6.07, 6.45) is 1.78. The normalized spacial score (nSPS) is 12.1. The van der Waals surface area contributed by atoms with E-state index in [0.717, 1.165) is 5.01 Å². The first-order valence-corrected chi connectivity index (χ1v) is 7.14. The van der Waals surface area contributed by atoms with Gasteiger partial charge in [0.15, 0.2) is 0 Å². The molecule has 0 fully saturated rings. The molecule has 0 aliphatic heterocycles. The highest BCUT2D eigenvalue weighted by Crippen LogP contribution is 2.18. The number of nitrogens with one attached hydrogen (secondary N) is 1. The number of aromatic carboxylic acids is 1. The maximum Gasteiger partial charge on any atom is 0.339 e. The van der Waals surface area contributed by atoms with Gasteiger partial charge in [-0.2, -0.15) is 0 Å². The maximum atomic E-state index is 11.0. The van der Waals surface area contributed by atoms with Crippen molar-refractivity contribution in [2.24, 2.45) is 0 Å². The zero-order valence-electron chi connectivity index (χ0n) is 11.1. The summed E-state index contributed by atoms with van der Waals surface area (Å²) in [6.45, 7) is 3.05. The first kappa shape index (κ1) is 14.5. The Balaban J connectivity index is 1.80. The van der Waals surface area contributed by atoms with Crippen LogP contribution in [0.1, 0.15) is 28.3 Å². The standard InChI is InChI=1S/C14H16N2O3S/c1-10(13-16-7-9-20-13)15-6-8-19-12-5-3-2-4-11(12)14(17)18/h2-5,7,9-10,15H,6,8H2,1H3,(H,17,18). The van der Waals surface area contributed by atoms with Crippen LogP contribution in [-0.4, -0.2) is 29.2 Å². The monoisotopic (exact) mass is 292 g/mol. The summed E-state index contributed by atoms with van der Waals surface area (Å²) in [6, 6.07) is 6.79. The van der Waals surface area contributed by atoms with Crippen LogP contribution in [0.25, 0.3) is 0 Å². The molecule has 20 heavy (non-hydrogen) atoms. The van der Waals surface area contributed by atoms with E-state index in [4.69, 9.17) is 9.84 Å². The number of rotatable bonds is 7. The van der Waals surface area contributed by atoms with Crippen molar-refractivity contribution in [2.45, 2.75) is 13.0 Å². The van der Waals surface area contributed by atoms with Crippen molar-refractivity contribution < 1.29 is 14.6 Å². The zero-order valence-corrected chi connectivity index (χ0v) is 11.9. The molecule has 5 nitrogen and oxygen atoms in total. The molecule has 2 N–H and O–H groups in total. The van der Waals surface area contributed by atoms with E-state index in [0.29, 0.717) is 18.9 Å².